The maximum Gasteiger partial charge on any atom is 0.307 e. The number of sulfone groups is 1. The van der Waals surface area contributed by atoms with E-state index in [2.05, 4.69) is 16.1 Å². The van der Waals surface area contributed by atoms with Crippen LogP contribution in [0.4, 0.5) is 0 Å². The normalized spacial score (nSPS) is 26.2. The van der Waals surface area contributed by atoms with E-state index in [0.717, 1.165) is 16.5 Å². The summed E-state index contributed by atoms with van der Waals surface area (Å²) in [6, 6.07) is 7.45. The lowest BCUT2D eigenvalue weighted by atomic mass is 10.1. The number of cyclic esters (lactones) is 1. The Balaban J connectivity index is 1.58. The number of hydrogen-bond donors (Lipinski definition) is 3. The van der Waals surface area contributed by atoms with E-state index in [1.165, 1.54) is 11.9 Å². The molecule has 3 N–H and O–H groups in total. The van der Waals surface area contributed by atoms with Crippen molar-refractivity contribution in [3.63, 3.8) is 0 Å². The van der Waals surface area contributed by atoms with Crippen molar-refractivity contribution >= 4 is 50.5 Å². The van der Waals surface area contributed by atoms with E-state index in [1.54, 1.807) is 19.9 Å². The average Bonchev–Trinajstić information content (AvgIpc) is 2.99. The van der Waals surface area contributed by atoms with E-state index in [0.29, 0.717) is 25.1 Å². The highest BCUT2D eigenvalue weighted by Gasteiger charge is 2.34. The second kappa shape index (κ2) is 14.3. The van der Waals surface area contributed by atoms with Crippen molar-refractivity contribution in [2.24, 2.45) is 5.92 Å². The zero-order valence-corrected chi connectivity index (χ0v) is 26.4. The third kappa shape index (κ3) is 8.63. The monoisotopic (exact) mass is 627 g/mol. The first-order chi connectivity index (χ1) is 20.8. The Bertz CT molecular complexity index is 1540. The number of rotatable bonds is 1. The molecule has 44 heavy (non-hydrogen) atoms. The number of amides is 3. The third-order valence-electron chi connectivity index (χ3n) is 7.68. The number of benzene rings is 1. The highest BCUT2D eigenvalue weighted by molar-refractivity contribution is 7.91. The van der Waals surface area contributed by atoms with E-state index in [-0.39, 0.29) is 18.1 Å². The molecule has 4 unspecified atom stereocenters. The molecule has 2 aromatic rings. The number of allylic oxidation sites excluding steroid dienone is 1. The summed E-state index contributed by atoms with van der Waals surface area (Å²) in [7, 11) is -3.56. The molecule has 1 fully saturated rings. The molecule has 0 spiro atoms. The molecule has 5 bridgehead atoms. The van der Waals surface area contributed by atoms with Gasteiger partial charge in [-0.25, -0.2) is 13.8 Å². The molecule has 1 aromatic heterocycles. The van der Waals surface area contributed by atoms with Gasteiger partial charge >= 0.3 is 5.97 Å². The Kier molecular flexibility index (Phi) is 10.7. The first-order valence-corrected chi connectivity index (χ1v) is 16.8. The average molecular weight is 628 g/mol. The number of esters is 1. The Morgan fingerprint density at radius 3 is 2.45 bits per heavy atom. The molecular formula is C31H41N5O7S. The number of nitrogens with zero attached hydrogens (tertiary/aromatic N) is 2. The fourth-order valence-electron chi connectivity index (χ4n) is 5.11. The summed E-state index contributed by atoms with van der Waals surface area (Å²) in [5.41, 5.74) is 5.22. The van der Waals surface area contributed by atoms with Gasteiger partial charge in [0.1, 0.15) is 12.1 Å². The van der Waals surface area contributed by atoms with Gasteiger partial charge in [0.25, 0.3) is 11.8 Å². The van der Waals surface area contributed by atoms with E-state index < -0.39 is 69.9 Å². The van der Waals surface area contributed by atoms with Crippen LogP contribution in [-0.2, 0) is 33.8 Å². The van der Waals surface area contributed by atoms with Gasteiger partial charge in [0, 0.05) is 11.9 Å². The number of pyridine rings is 1. The van der Waals surface area contributed by atoms with Crippen molar-refractivity contribution in [3.05, 3.63) is 47.7 Å². The smallest absolute Gasteiger partial charge is 0.307 e. The van der Waals surface area contributed by atoms with Crippen LogP contribution in [0.2, 0.25) is 0 Å². The molecule has 2 aliphatic rings. The second-order valence-electron chi connectivity index (χ2n) is 11.7. The number of ether oxygens (including phenoxy) is 1. The van der Waals surface area contributed by atoms with Crippen molar-refractivity contribution in [1.29, 1.82) is 0 Å². The van der Waals surface area contributed by atoms with Gasteiger partial charge in [0.05, 0.1) is 35.2 Å². The summed E-state index contributed by atoms with van der Waals surface area (Å²) in [6.07, 6.45) is 3.31. The molecule has 0 radical (unpaired) electrons. The zero-order chi connectivity index (χ0) is 32.0. The number of hydrazine groups is 1. The van der Waals surface area contributed by atoms with Crippen molar-refractivity contribution in [2.75, 3.05) is 18.1 Å². The Morgan fingerprint density at radius 1 is 0.977 bits per heavy atom. The second-order valence-corrected chi connectivity index (χ2v) is 14.0. The maximum atomic E-state index is 13.2. The molecule has 1 aromatic carbocycles. The fourth-order valence-corrected chi connectivity index (χ4v) is 6.29. The molecule has 12 nitrogen and oxygen atoms in total. The van der Waals surface area contributed by atoms with Crippen molar-refractivity contribution < 1.29 is 32.3 Å². The molecular weight excluding hydrogens is 586 g/mol. The standard InChI is InChI=1S/C31H41N5O7S/c1-19(2)28-30(39)33-21(4)31(40)36-15-7-9-25(35-36)29(38)32-20(3)24-13-12-23-11-10-22(18-26(23)34-24)8-5-6-16-44(41,42)17-14-27(37)43-28/h5,8,10-13,18-21,25,28,35H,6-7,9,14-17H2,1-4H3,(H,32,38)(H,33,39). The summed E-state index contributed by atoms with van der Waals surface area (Å²) < 4.78 is 30.6. The molecule has 238 valence electrons. The van der Waals surface area contributed by atoms with Crippen LogP contribution >= 0.6 is 0 Å². The summed E-state index contributed by atoms with van der Waals surface area (Å²) in [6.45, 7) is 7.06. The lowest BCUT2D eigenvalue weighted by Gasteiger charge is -2.35. The lowest BCUT2D eigenvalue weighted by molar-refractivity contribution is -0.159. The molecule has 4 rings (SSSR count). The first kappa shape index (κ1) is 33.1. The fraction of sp³-hybridized carbons (Fsp3) is 0.516. The van der Waals surface area contributed by atoms with Gasteiger partial charge in [-0.1, -0.05) is 44.2 Å². The van der Waals surface area contributed by atoms with Gasteiger partial charge in [-0.15, -0.1) is 0 Å². The van der Waals surface area contributed by atoms with Crippen LogP contribution in [0.15, 0.2) is 36.4 Å². The van der Waals surface area contributed by atoms with Crippen LogP contribution in [0.25, 0.3) is 17.0 Å². The molecule has 13 heteroatoms. The Morgan fingerprint density at radius 2 is 1.70 bits per heavy atom. The first-order valence-electron chi connectivity index (χ1n) is 15.0. The molecule has 3 heterocycles. The topological polar surface area (TPSA) is 164 Å². The molecule has 4 atom stereocenters. The van der Waals surface area contributed by atoms with Gasteiger partial charge < -0.3 is 15.4 Å². The minimum absolute atomic E-state index is 0.150. The predicted molar refractivity (Wildman–Crippen MR) is 165 cm³/mol. The number of carbonyl (C=O) groups is 4. The molecule has 1 saturated heterocycles. The van der Waals surface area contributed by atoms with Crippen LogP contribution in [0.3, 0.4) is 0 Å². The van der Waals surface area contributed by atoms with Crippen LogP contribution in [0, 0.1) is 5.92 Å². The maximum absolute atomic E-state index is 13.2. The minimum atomic E-state index is -3.56. The lowest BCUT2D eigenvalue weighted by Crippen LogP contribution is -2.61. The van der Waals surface area contributed by atoms with Crippen LogP contribution in [0.5, 0.6) is 0 Å². The quantitative estimate of drug-likeness (QED) is 0.402. The summed E-state index contributed by atoms with van der Waals surface area (Å²) >= 11 is 0. The Hall–Kier alpha value is -3.84. The van der Waals surface area contributed by atoms with Crippen molar-refractivity contribution in [1.82, 2.24) is 26.1 Å². The van der Waals surface area contributed by atoms with Crippen molar-refractivity contribution in [2.45, 2.75) is 77.6 Å². The largest absolute Gasteiger partial charge is 0.452 e. The van der Waals surface area contributed by atoms with E-state index in [4.69, 9.17) is 9.72 Å². The number of aromatic nitrogens is 1. The number of fused-ring (bicyclic) bond motifs is 4. The van der Waals surface area contributed by atoms with Gasteiger partial charge in [-0.2, -0.15) is 0 Å². The van der Waals surface area contributed by atoms with Gasteiger partial charge in [0.15, 0.2) is 15.9 Å². The van der Waals surface area contributed by atoms with Gasteiger partial charge in [-0.3, -0.25) is 29.2 Å². The SMILES string of the molecule is CC1NC(=O)C(C(C)C)OC(=O)CCS(=O)(=O)CCC=Cc2ccc3ccc(nc3c2)C(C)NC(=O)C2CCCN(N2)C1=O. The predicted octanol–water partition coefficient (Wildman–Crippen LogP) is 2.20. The van der Waals surface area contributed by atoms with Crippen LogP contribution < -0.4 is 16.1 Å². The number of carbonyl (C=O) groups excluding carboxylic acids is 4. The summed E-state index contributed by atoms with van der Waals surface area (Å²) in [4.78, 5) is 56.7. The summed E-state index contributed by atoms with van der Waals surface area (Å²) in [5.74, 6) is -3.19. The molecule has 2 aliphatic heterocycles. The highest BCUT2D eigenvalue weighted by atomic mass is 32.2. The number of hydrogen-bond acceptors (Lipinski definition) is 9. The van der Waals surface area contributed by atoms with Crippen LogP contribution in [-0.4, -0.2) is 78.3 Å². The van der Waals surface area contributed by atoms with Crippen LogP contribution in [0.1, 0.15) is 70.7 Å². The van der Waals surface area contributed by atoms with E-state index >= 15 is 0 Å². The van der Waals surface area contributed by atoms with Gasteiger partial charge in [0.2, 0.25) is 5.91 Å². The zero-order valence-electron chi connectivity index (χ0n) is 25.5. The Labute approximate surface area is 257 Å². The minimum Gasteiger partial charge on any atom is -0.452 e. The van der Waals surface area contributed by atoms with Crippen molar-refractivity contribution in [3.8, 4) is 0 Å². The van der Waals surface area contributed by atoms with E-state index in [9.17, 15) is 27.6 Å². The van der Waals surface area contributed by atoms with E-state index in [1.807, 2.05) is 43.3 Å². The number of nitrogens with one attached hydrogen (secondary N) is 3. The third-order valence-corrected chi connectivity index (χ3v) is 9.37. The summed E-state index contributed by atoms with van der Waals surface area (Å²) in [5, 5.41) is 7.83. The molecule has 3 amide bonds. The van der Waals surface area contributed by atoms with Gasteiger partial charge in [-0.05, 0) is 56.7 Å². The molecule has 0 aliphatic carbocycles. The highest BCUT2D eigenvalue weighted by Crippen LogP contribution is 2.20. The molecule has 0 saturated carbocycles.